The molecule has 30 heavy (non-hydrogen) atoms. The zero-order valence-corrected chi connectivity index (χ0v) is 16.8. The minimum absolute atomic E-state index is 0.133. The lowest BCUT2D eigenvalue weighted by molar-refractivity contribution is -0.152. The van der Waals surface area contributed by atoms with Crippen molar-refractivity contribution in [2.24, 2.45) is 11.8 Å². The Bertz CT molecular complexity index is 760. The van der Waals surface area contributed by atoms with E-state index >= 15 is 0 Å². The third-order valence-corrected chi connectivity index (χ3v) is 5.68. The maximum absolute atomic E-state index is 10.5. The molecular formula is C23H30O7. The van der Waals surface area contributed by atoms with Gasteiger partial charge < -0.3 is 29.9 Å². The van der Waals surface area contributed by atoms with Gasteiger partial charge in [-0.3, -0.25) is 4.79 Å². The fourth-order valence-electron chi connectivity index (χ4n) is 4.02. The van der Waals surface area contributed by atoms with Crippen LogP contribution in [0.4, 0.5) is 0 Å². The Balaban J connectivity index is 1.54. The lowest BCUT2D eigenvalue weighted by atomic mass is 9.89. The van der Waals surface area contributed by atoms with Gasteiger partial charge in [-0.2, -0.15) is 0 Å². The number of carbonyl (C=O) groups is 1. The number of aliphatic hydroxyl groups excluding tert-OH is 3. The maximum atomic E-state index is 10.5. The molecular weight excluding hydrogens is 388 g/mol. The highest BCUT2D eigenvalue weighted by molar-refractivity contribution is 5.66. The molecule has 0 aromatic heterocycles. The Morgan fingerprint density at radius 3 is 2.80 bits per heavy atom. The van der Waals surface area contributed by atoms with Crippen molar-refractivity contribution in [2.75, 3.05) is 0 Å². The van der Waals surface area contributed by atoms with Gasteiger partial charge in [0.15, 0.2) is 0 Å². The smallest absolute Gasteiger partial charge is 0.303 e. The number of fused-ring (bicyclic) bond motifs is 1. The number of hydrogen-bond donors (Lipinski definition) is 4. The van der Waals surface area contributed by atoms with E-state index in [0.29, 0.717) is 31.6 Å². The van der Waals surface area contributed by atoms with Crippen molar-refractivity contribution in [3.8, 4) is 5.75 Å². The van der Waals surface area contributed by atoms with Gasteiger partial charge >= 0.3 is 5.97 Å². The predicted molar refractivity (Wildman–Crippen MR) is 110 cm³/mol. The number of ether oxygens (including phenoxy) is 2. The summed E-state index contributed by atoms with van der Waals surface area (Å²) < 4.78 is 11.3. The summed E-state index contributed by atoms with van der Waals surface area (Å²) in [5, 5.41) is 39.8. The van der Waals surface area contributed by atoms with Crippen molar-refractivity contribution in [2.45, 2.75) is 63.3 Å². The first-order valence-electron chi connectivity index (χ1n) is 10.4. The van der Waals surface area contributed by atoms with Crippen LogP contribution in [0.3, 0.4) is 0 Å². The van der Waals surface area contributed by atoms with Gasteiger partial charge in [-0.15, -0.1) is 0 Å². The van der Waals surface area contributed by atoms with Crippen LogP contribution in [0.5, 0.6) is 5.75 Å². The Morgan fingerprint density at radius 2 is 2.00 bits per heavy atom. The van der Waals surface area contributed by atoms with E-state index in [-0.39, 0.29) is 24.7 Å². The Labute approximate surface area is 176 Å². The normalized spacial score (nSPS) is 29.8. The topological polar surface area (TPSA) is 116 Å². The molecule has 2 aliphatic rings. The SMILES string of the molecule is O=C(O)CCCC=CC[C@@H]1[C@@H](C=C[C@H](O)[C@H]2OCc3ccccc3O2)[C@H](O)C[C@@H]1O. The van der Waals surface area contributed by atoms with Crippen LogP contribution in [0.2, 0.25) is 0 Å². The number of allylic oxidation sites excluding steroid dienone is 2. The molecule has 1 aromatic rings. The second-order valence-corrected chi connectivity index (χ2v) is 7.89. The summed E-state index contributed by atoms with van der Waals surface area (Å²) in [7, 11) is 0. The van der Waals surface area contributed by atoms with Crippen molar-refractivity contribution in [1.29, 1.82) is 0 Å². The predicted octanol–water partition coefficient (Wildman–Crippen LogP) is 2.40. The first kappa shape index (κ1) is 22.5. The van der Waals surface area contributed by atoms with Crippen molar-refractivity contribution >= 4 is 5.97 Å². The number of carboxylic acids is 1. The molecule has 0 spiro atoms. The molecule has 164 valence electrons. The summed E-state index contributed by atoms with van der Waals surface area (Å²) in [4.78, 5) is 10.5. The van der Waals surface area contributed by atoms with Gasteiger partial charge in [0.2, 0.25) is 6.29 Å². The molecule has 4 N–H and O–H groups in total. The van der Waals surface area contributed by atoms with E-state index in [4.69, 9.17) is 14.6 Å². The molecule has 0 saturated heterocycles. The van der Waals surface area contributed by atoms with E-state index in [1.807, 2.05) is 36.4 Å². The molecule has 1 fully saturated rings. The zero-order valence-electron chi connectivity index (χ0n) is 16.8. The van der Waals surface area contributed by atoms with Gasteiger partial charge in [0.1, 0.15) is 11.9 Å². The van der Waals surface area contributed by atoms with Crippen LogP contribution in [0.1, 0.15) is 37.7 Å². The summed E-state index contributed by atoms with van der Waals surface area (Å²) in [5.41, 5.74) is 0.925. The van der Waals surface area contributed by atoms with E-state index < -0.39 is 30.6 Å². The van der Waals surface area contributed by atoms with Crippen LogP contribution >= 0.6 is 0 Å². The highest BCUT2D eigenvalue weighted by atomic mass is 16.7. The second-order valence-electron chi connectivity index (χ2n) is 7.89. The van der Waals surface area contributed by atoms with Crippen LogP contribution in [0.25, 0.3) is 0 Å². The second kappa shape index (κ2) is 10.7. The van der Waals surface area contributed by atoms with E-state index in [1.54, 1.807) is 12.2 Å². The maximum Gasteiger partial charge on any atom is 0.303 e. The number of carboxylic acid groups (broad SMARTS) is 1. The first-order valence-corrected chi connectivity index (χ1v) is 10.4. The largest absolute Gasteiger partial charge is 0.481 e. The summed E-state index contributed by atoms with van der Waals surface area (Å²) in [6, 6.07) is 7.50. The van der Waals surface area contributed by atoms with E-state index in [9.17, 15) is 20.1 Å². The molecule has 0 amide bonds. The van der Waals surface area contributed by atoms with Crippen molar-refractivity contribution in [1.82, 2.24) is 0 Å². The molecule has 0 radical (unpaired) electrons. The van der Waals surface area contributed by atoms with Gasteiger partial charge in [-0.05, 0) is 31.2 Å². The van der Waals surface area contributed by atoms with E-state index in [0.717, 1.165) is 5.56 Å². The summed E-state index contributed by atoms with van der Waals surface area (Å²) >= 11 is 0. The molecule has 1 aliphatic heterocycles. The number of hydrogen-bond acceptors (Lipinski definition) is 6. The minimum Gasteiger partial charge on any atom is -0.481 e. The Hall–Kier alpha value is -2.19. The van der Waals surface area contributed by atoms with Crippen LogP contribution in [-0.4, -0.2) is 51.0 Å². The number of aliphatic carboxylic acids is 1. The monoisotopic (exact) mass is 418 g/mol. The van der Waals surface area contributed by atoms with Crippen LogP contribution in [0, 0.1) is 11.8 Å². The molecule has 3 rings (SSSR count). The third kappa shape index (κ3) is 5.92. The fourth-order valence-corrected chi connectivity index (χ4v) is 4.02. The molecule has 0 unspecified atom stereocenters. The molecule has 1 aromatic carbocycles. The minimum atomic E-state index is -1.00. The molecule has 7 heteroatoms. The highest BCUT2D eigenvalue weighted by Gasteiger charge is 2.39. The molecule has 1 aliphatic carbocycles. The standard InChI is InChI=1S/C23H30O7/c24-18(23-29-14-15-7-5-6-9-21(15)30-23)12-11-17-16(19(25)13-20(17)26)8-3-1-2-4-10-22(27)28/h1,3,5-7,9,11-12,16-20,23-26H,2,4,8,10,13-14H2,(H,27,28)/t16-,17-,18+,19+,20-,23+/m1/s1. The van der Waals surface area contributed by atoms with Gasteiger partial charge in [0.25, 0.3) is 0 Å². The van der Waals surface area contributed by atoms with Gasteiger partial charge in [0, 0.05) is 24.3 Å². The average molecular weight is 418 g/mol. The molecule has 6 atom stereocenters. The lowest BCUT2D eigenvalue weighted by Gasteiger charge is -2.28. The number of aliphatic hydroxyl groups is 3. The molecule has 7 nitrogen and oxygen atoms in total. The summed E-state index contributed by atoms with van der Waals surface area (Å²) in [6.45, 7) is 0.353. The summed E-state index contributed by atoms with van der Waals surface area (Å²) in [6.07, 6.45) is 6.20. The van der Waals surface area contributed by atoms with Crippen molar-refractivity contribution < 1.29 is 34.7 Å². The van der Waals surface area contributed by atoms with Gasteiger partial charge in [-0.1, -0.05) is 42.5 Å². The Morgan fingerprint density at radius 1 is 1.20 bits per heavy atom. The number of para-hydroxylation sites is 1. The summed E-state index contributed by atoms with van der Waals surface area (Å²) in [5.74, 6) is -0.596. The third-order valence-electron chi connectivity index (χ3n) is 5.68. The molecule has 0 bridgehead atoms. The van der Waals surface area contributed by atoms with Crippen LogP contribution < -0.4 is 4.74 Å². The van der Waals surface area contributed by atoms with Gasteiger partial charge in [-0.25, -0.2) is 0 Å². The average Bonchev–Trinajstić information content (AvgIpc) is 3.00. The highest BCUT2D eigenvalue weighted by Crippen LogP contribution is 2.36. The number of benzene rings is 1. The number of unbranched alkanes of at least 4 members (excludes halogenated alkanes) is 1. The number of rotatable bonds is 9. The van der Waals surface area contributed by atoms with Gasteiger partial charge in [0.05, 0.1) is 18.8 Å². The molecule has 1 saturated carbocycles. The van der Waals surface area contributed by atoms with E-state index in [2.05, 4.69) is 0 Å². The van der Waals surface area contributed by atoms with Crippen molar-refractivity contribution in [3.63, 3.8) is 0 Å². The Kier molecular flexibility index (Phi) is 8.04. The quantitative estimate of drug-likeness (QED) is 0.359. The van der Waals surface area contributed by atoms with Crippen molar-refractivity contribution in [3.05, 3.63) is 54.1 Å². The molecule has 1 heterocycles. The van der Waals surface area contributed by atoms with Crippen LogP contribution in [0.15, 0.2) is 48.6 Å². The fraction of sp³-hybridized carbons (Fsp3) is 0.522. The van der Waals surface area contributed by atoms with Crippen LogP contribution in [-0.2, 0) is 16.1 Å². The zero-order chi connectivity index (χ0) is 21.5. The lowest BCUT2D eigenvalue weighted by Crippen LogP contribution is -2.36. The first-order chi connectivity index (χ1) is 14.5. The van der Waals surface area contributed by atoms with E-state index in [1.165, 1.54) is 0 Å².